The fourth-order valence-electron chi connectivity index (χ4n) is 8.28. The second-order valence-electron chi connectivity index (χ2n) is 19.0. The number of hydrogen-bond acceptors (Lipinski definition) is 9. The van der Waals surface area contributed by atoms with E-state index in [0.29, 0.717) is 13.0 Å². The molecule has 0 aromatic heterocycles. The number of aliphatic hydroxyl groups is 4. The number of esters is 1. The van der Waals surface area contributed by atoms with Gasteiger partial charge in [0.05, 0.1) is 19.8 Å². The van der Waals surface area contributed by atoms with E-state index in [9.17, 15) is 25.2 Å². The molecule has 0 spiro atoms. The molecule has 9 heteroatoms. The maximum absolute atomic E-state index is 12.9. The largest absolute Gasteiger partial charge is 0.457 e. The normalized spacial score (nSPS) is 19.6. The Labute approximate surface area is 417 Å². The van der Waals surface area contributed by atoms with E-state index in [1.165, 1.54) is 148 Å². The predicted molar refractivity (Wildman–Crippen MR) is 284 cm³/mol. The zero-order valence-electron chi connectivity index (χ0n) is 43.6. The second kappa shape index (κ2) is 49.6. The monoisotopic (exact) mass is 957 g/mol. The van der Waals surface area contributed by atoms with Crippen molar-refractivity contribution in [2.24, 2.45) is 0 Å². The van der Waals surface area contributed by atoms with Crippen molar-refractivity contribution < 1.29 is 44.2 Å². The standard InChI is InChI=1S/C59H104O9/c1-3-5-7-9-11-13-15-17-19-21-23-24-25-26-27-28-29-31-33-35-37-39-41-43-45-47-49-65-51-53(52-66-59-58(64)57(63)56(62)54(50-60)68-59)67-55(61)48-46-44-42-40-38-36-34-32-30-22-20-18-16-14-12-10-8-6-4-2/h5,7,11-14,17-20,23-24,53-54,56-60,62-64H,3-4,6,8-10,15-16,21-22,25-52H2,1-2H3/b7-5-,13-11-,14-12-,19-17-,20-18-,24-23-. The number of carbonyl (C=O) groups excluding carboxylic acids is 1. The van der Waals surface area contributed by atoms with Gasteiger partial charge in [-0.05, 0) is 83.5 Å². The Morgan fingerprint density at radius 1 is 0.485 bits per heavy atom. The van der Waals surface area contributed by atoms with Crippen molar-refractivity contribution in [3.8, 4) is 0 Å². The quantitative estimate of drug-likeness (QED) is 0.0267. The average Bonchev–Trinajstić information content (AvgIpc) is 3.34. The van der Waals surface area contributed by atoms with Crippen molar-refractivity contribution in [2.75, 3.05) is 26.4 Å². The first-order valence-corrected chi connectivity index (χ1v) is 28.0. The lowest BCUT2D eigenvalue weighted by atomic mass is 9.99. The Morgan fingerprint density at radius 2 is 0.897 bits per heavy atom. The minimum Gasteiger partial charge on any atom is -0.457 e. The number of ether oxygens (including phenoxy) is 4. The molecule has 1 fully saturated rings. The predicted octanol–water partition coefficient (Wildman–Crippen LogP) is 14.4. The summed E-state index contributed by atoms with van der Waals surface area (Å²) < 4.78 is 23.0. The molecule has 1 heterocycles. The first-order chi connectivity index (χ1) is 33.4. The van der Waals surface area contributed by atoms with Crippen LogP contribution in [0.1, 0.15) is 232 Å². The summed E-state index contributed by atoms with van der Waals surface area (Å²) in [6, 6.07) is 0. The Hall–Kier alpha value is -2.37. The summed E-state index contributed by atoms with van der Waals surface area (Å²) in [7, 11) is 0. The zero-order chi connectivity index (χ0) is 49.2. The smallest absolute Gasteiger partial charge is 0.306 e. The third kappa shape index (κ3) is 39.4. The molecule has 394 valence electrons. The first-order valence-electron chi connectivity index (χ1n) is 28.0. The molecule has 6 unspecified atom stereocenters. The van der Waals surface area contributed by atoms with E-state index in [2.05, 4.69) is 86.8 Å². The Kier molecular flexibility index (Phi) is 46.4. The lowest BCUT2D eigenvalue weighted by Gasteiger charge is -2.39. The van der Waals surface area contributed by atoms with Crippen molar-refractivity contribution in [3.63, 3.8) is 0 Å². The van der Waals surface area contributed by atoms with Gasteiger partial charge in [0.1, 0.15) is 30.5 Å². The molecule has 6 atom stereocenters. The Bertz CT molecular complexity index is 1270. The fourth-order valence-corrected chi connectivity index (χ4v) is 8.28. The van der Waals surface area contributed by atoms with E-state index < -0.39 is 43.4 Å². The van der Waals surface area contributed by atoms with Gasteiger partial charge in [0.25, 0.3) is 0 Å². The maximum Gasteiger partial charge on any atom is 0.306 e. The molecule has 0 amide bonds. The third-order valence-corrected chi connectivity index (χ3v) is 12.6. The highest BCUT2D eigenvalue weighted by Gasteiger charge is 2.44. The summed E-state index contributed by atoms with van der Waals surface area (Å²) in [5, 5.41) is 40.3. The van der Waals surface area contributed by atoms with Crippen molar-refractivity contribution in [1.82, 2.24) is 0 Å². The van der Waals surface area contributed by atoms with E-state index >= 15 is 0 Å². The third-order valence-electron chi connectivity index (χ3n) is 12.6. The molecule has 0 saturated carbocycles. The van der Waals surface area contributed by atoms with Crippen molar-refractivity contribution in [3.05, 3.63) is 72.9 Å². The van der Waals surface area contributed by atoms with Crippen LogP contribution in [0.5, 0.6) is 0 Å². The molecular formula is C59H104O9. The molecule has 1 rings (SSSR count). The molecule has 1 aliphatic rings. The summed E-state index contributed by atoms with van der Waals surface area (Å²) in [6.07, 6.45) is 59.4. The van der Waals surface area contributed by atoms with Crippen LogP contribution in [0, 0.1) is 0 Å². The van der Waals surface area contributed by atoms with Gasteiger partial charge in [-0.1, -0.05) is 215 Å². The van der Waals surface area contributed by atoms with Crippen LogP contribution in [0.2, 0.25) is 0 Å². The molecule has 0 aromatic carbocycles. The number of allylic oxidation sites excluding steroid dienone is 12. The van der Waals surface area contributed by atoms with Crippen LogP contribution in [0.15, 0.2) is 72.9 Å². The van der Waals surface area contributed by atoms with Gasteiger partial charge in [-0.2, -0.15) is 0 Å². The number of hydrogen-bond donors (Lipinski definition) is 4. The van der Waals surface area contributed by atoms with Crippen LogP contribution < -0.4 is 0 Å². The van der Waals surface area contributed by atoms with Gasteiger partial charge >= 0.3 is 5.97 Å². The van der Waals surface area contributed by atoms with E-state index in [-0.39, 0.29) is 19.2 Å². The highest BCUT2D eigenvalue weighted by molar-refractivity contribution is 5.69. The summed E-state index contributed by atoms with van der Waals surface area (Å²) in [5.74, 6) is -0.318. The van der Waals surface area contributed by atoms with E-state index in [0.717, 1.165) is 64.2 Å². The SMILES string of the molecule is CC/C=C\C/C=C\C/C=C\C/C=C\CCCCCCCCCCCCCCCOCC(COC1OC(CO)C(O)C(O)C1O)OC(=O)CCCCCCCCCCC/C=C\C/C=C\CCCCC. The highest BCUT2D eigenvalue weighted by Crippen LogP contribution is 2.23. The molecule has 0 bridgehead atoms. The van der Waals surface area contributed by atoms with Crippen LogP contribution in [0.4, 0.5) is 0 Å². The molecular weight excluding hydrogens is 853 g/mol. The average molecular weight is 957 g/mol. The highest BCUT2D eigenvalue weighted by atomic mass is 16.7. The number of rotatable bonds is 48. The molecule has 1 aliphatic heterocycles. The molecule has 4 N–H and O–H groups in total. The summed E-state index contributed by atoms with van der Waals surface area (Å²) >= 11 is 0. The Balaban J connectivity index is 2.16. The van der Waals surface area contributed by atoms with Gasteiger partial charge < -0.3 is 39.4 Å². The minimum absolute atomic E-state index is 0.117. The number of unbranched alkanes of at least 4 members (excludes halogenated alkanes) is 25. The van der Waals surface area contributed by atoms with Crippen LogP contribution in [0.25, 0.3) is 0 Å². The molecule has 68 heavy (non-hydrogen) atoms. The minimum atomic E-state index is -1.54. The van der Waals surface area contributed by atoms with Gasteiger partial charge in [0.15, 0.2) is 6.29 Å². The van der Waals surface area contributed by atoms with E-state index in [1.807, 2.05) is 0 Å². The molecule has 0 aromatic rings. The van der Waals surface area contributed by atoms with Crippen LogP contribution >= 0.6 is 0 Å². The second-order valence-corrected chi connectivity index (χ2v) is 19.0. The van der Waals surface area contributed by atoms with Crippen LogP contribution in [0.3, 0.4) is 0 Å². The van der Waals surface area contributed by atoms with E-state index in [4.69, 9.17) is 18.9 Å². The summed E-state index contributed by atoms with van der Waals surface area (Å²) in [6.45, 7) is 4.43. The fraction of sp³-hybridized carbons (Fsp3) is 0.780. The number of carbonyl (C=O) groups is 1. The van der Waals surface area contributed by atoms with Gasteiger partial charge in [-0.25, -0.2) is 0 Å². The lowest BCUT2D eigenvalue weighted by Crippen LogP contribution is -2.59. The van der Waals surface area contributed by atoms with Crippen LogP contribution in [-0.4, -0.2) is 89.6 Å². The Morgan fingerprint density at radius 3 is 1.35 bits per heavy atom. The van der Waals surface area contributed by atoms with Gasteiger partial charge in [-0.3, -0.25) is 4.79 Å². The topological polar surface area (TPSA) is 135 Å². The van der Waals surface area contributed by atoms with Crippen molar-refractivity contribution in [1.29, 1.82) is 0 Å². The lowest BCUT2D eigenvalue weighted by molar-refractivity contribution is -0.305. The van der Waals surface area contributed by atoms with Crippen molar-refractivity contribution >= 4 is 5.97 Å². The molecule has 9 nitrogen and oxygen atoms in total. The summed E-state index contributed by atoms with van der Waals surface area (Å²) in [4.78, 5) is 12.9. The molecule has 0 aliphatic carbocycles. The summed E-state index contributed by atoms with van der Waals surface area (Å²) in [5.41, 5.74) is 0. The molecule has 0 radical (unpaired) electrons. The maximum atomic E-state index is 12.9. The van der Waals surface area contributed by atoms with Gasteiger partial charge in [0.2, 0.25) is 0 Å². The molecule has 1 saturated heterocycles. The van der Waals surface area contributed by atoms with Gasteiger partial charge in [0, 0.05) is 13.0 Å². The van der Waals surface area contributed by atoms with Gasteiger partial charge in [-0.15, -0.1) is 0 Å². The number of aliphatic hydroxyl groups excluding tert-OH is 4. The van der Waals surface area contributed by atoms with E-state index in [1.54, 1.807) is 0 Å². The van der Waals surface area contributed by atoms with Crippen LogP contribution in [-0.2, 0) is 23.7 Å². The first kappa shape index (κ1) is 63.6. The zero-order valence-corrected chi connectivity index (χ0v) is 43.6. The van der Waals surface area contributed by atoms with Crippen molar-refractivity contribution in [2.45, 2.75) is 269 Å².